The van der Waals surface area contributed by atoms with Gasteiger partial charge in [-0.1, -0.05) is 13.8 Å². The molecule has 0 radical (unpaired) electrons. The van der Waals surface area contributed by atoms with Crippen LogP contribution in [0.3, 0.4) is 0 Å². The van der Waals surface area contributed by atoms with E-state index in [9.17, 15) is 14.4 Å². The van der Waals surface area contributed by atoms with Crippen molar-refractivity contribution in [2.75, 3.05) is 0 Å². The molecule has 0 aromatic rings. The Balaban J connectivity index is 0.000000791. The summed E-state index contributed by atoms with van der Waals surface area (Å²) < 4.78 is 0. The predicted octanol–water partition coefficient (Wildman–Crippen LogP) is -0.0461. The molecule has 1 aliphatic rings. The number of amides is 3. The highest BCUT2D eigenvalue weighted by atomic mass is 16.2. The molecule has 0 aromatic heterocycles. The van der Waals surface area contributed by atoms with E-state index in [1.54, 1.807) is 0 Å². The minimum atomic E-state index is -0.541. The van der Waals surface area contributed by atoms with E-state index >= 15 is 0 Å². The van der Waals surface area contributed by atoms with Crippen molar-refractivity contribution in [1.82, 2.24) is 10.6 Å². The molecule has 3 amide bonds. The summed E-state index contributed by atoms with van der Waals surface area (Å²) in [6.45, 7) is 5.34. The summed E-state index contributed by atoms with van der Waals surface area (Å²) in [5.41, 5.74) is 0. The van der Waals surface area contributed by atoms with Crippen LogP contribution in [0.2, 0.25) is 0 Å². The molecule has 0 bridgehead atoms. The van der Waals surface area contributed by atoms with Crippen molar-refractivity contribution < 1.29 is 14.4 Å². The van der Waals surface area contributed by atoms with E-state index in [-0.39, 0.29) is 18.2 Å². The molecule has 1 saturated heterocycles. The SMILES string of the molecule is CC.CC(=O)NC1CCC(=O)NC1=O. The molecule has 0 aromatic carbocycles. The van der Waals surface area contributed by atoms with E-state index in [2.05, 4.69) is 10.6 Å². The standard InChI is InChI=1S/C7H10N2O3.C2H6/c1-4(10)8-5-2-3-6(11)9-7(5)12;1-2/h5H,2-3H2,1H3,(H,8,10)(H,9,11,12);1-2H3. The smallest absolute Gasteiger partial charge is 0.249 e. The van der Waals surface area contributed by atoms with Crippen molar-refractivity contribution in [2.24, 2.45) is 0 Å². The molecule has 5 nitrogen and oxygen atoms in total. The number of imide groups is 1. The van der Waals surface area contributed by atoms with Crippen LogP contribution >= 0.6 is 0 Å². The van der Waals surface area contributed by atoms with Gasteiger partial charge in [0.25, 0.3) is 0 Å². The Morgan fingerprint density at radius 2 is 2.00 bits per heavy atom. The van der Waals surface area contributed by atoms with Gasteiger partial charge in [-0.05, 0) is 6.42 Å². The molecule has 2 N–H and O–H groups in total. The van der Waals surface area contributed by atoms with Crippen molar-refractivity contribution in [2.45, 2.75) is 39.7 Å². The summed E-state index contributed by atoms with van der Waals surface area (Å²) in [6, 6.07) is -0.541. The van der Waals surface area contributed by atoms with Crippen molar-refractivity contribution >= 4 is 17.7 Å². The van der Waals surface area contributed by atoms with Gasteiger partial charge in [-0.2, -0.15) is 0 Å². The Labute approximate surface area is 83.2 Å². The quantitative estimate of drug-likeness (QED) is 0.583. The summed E-state index contributed by atoms with van der Waals surface area (Å²) in [4.78, 5) is 32.2. The topological polar surface area (TPSA) is 75.3 Å². The molecular formula is C9H16N2O3. The highest BCUT2D eigenvalue weighted by Gasteiger charge is 2.26. The maximum atomic E-state index is 11.0. The van der Waals surface area contributed by atoms with Crippen LogP contribution in [0.1, 0.15) is 33.6 Å². The van der Waals surface area contributed by atoms with Crippen molar-refractivity contribution in [3.63, 3.8) is 0 Å². The zero-order valence-corrected chi connectivity index (χ0v) is 8.72. The van der Waals surface area contributed by atoms with Crippen molar-refractivity contribution in [3.8, 4) is 0 Å². The third-order valence-corrected chi connectivity index (χ3v) is 1.62. The molecule has 0 aliphatic carbocycles. The molecule has 1 heterocycles. The minimum Gasteiger partial charge on any atom is -0.345 e. The summed E-state index contributed by atoms with van der Waals surface area (Å²) >= 11 is 0. The van der Waals surface area contributed by atoms with Gasteiger partial charge in [0.05, 0.1) is 0 Å². The van der Waals surface area contributed by atoms with E-state index in [1.165, 1.54) is 6.92 Å². The first-order chi connectivity index (χ1) is 6.59. The van der Waals surface area contributed by atoms with Gasteiger partial charge in [-0.15, -0.1) is 0 Å². The molecule has 1 fully saturated rings. The van der Waals surface area contributed by atoms with Gasteiger partial charge in [-0.3, -0.25) is 19.7 Å². The number of hydrogen-bond donors (Lipinski definition) is 2. The zero-order chi connectivity index (χ0) is 11.1. The molecule has 0 spiro atoms. The number of hydrogen-bond acceptors (Lipinski definition) is 3. The van der Waals surface area contributed by atoms with Crippen LogP contribution in [0.15, 0.2) is 0 Å². The second kappa shape index (κ2) is 6.12. The fraction of sp³-hybridized carbons (Fsp3) is 0.667. The first-order valence-corrected chi connectivity index (χ1v) is 4.70. The van der Waals surface area contributed by atoms with Crippen LogP contribution in [0.5, 0.6) is 0 Å². The van der Waals surface area contributed by atoms with Crippen molar-refractivity contribution in [3.05, 3.63) is 0 Å². The molecule has 1 rings (SSSR count). The first kappa shape index (κ1) is 12.6. The van der Waals surface area contributed by atoms with Crippen LogP contribution in [0.25, 0.3) is 0 Å². The number of carbonyl (C=O) groups is 3. The van der Waals surface area contributed by atoms with E-state index in [0.717, 1.165) is 0 Å². The Bertz CT molecular complexity index is 238. The second-order valence-electron chi connectivity index (χ2n) is 2.70. The largest absolute Gasteiger partial charge is 0.345 e. The van der Waals surface area contributed by atoms with Gasteiger partial charge < -0.3 is 5.32 Å². The molecule has 1 unspecified atom stereocenters. The first-order valence-electron chi connectivity index (χ1n) is 4.70. The van der Waals surface area contributed by atoms with E-state index in [1.807, 2.05) is 13.8 Å². The highest BCUT2D eigenvalue weighted by molar-refractivity contribution is 6.01. The number of nitrogens with one attached hydrogen (secondary N) is 2. The average Bonchev–Trinajstić information content (AvgIpc) is 2.13. The van der Waals surface area contributed by atoms with Crippen LogP contribution in [0, 0.1) is 0 Å². The molecule has 5 heteroatoms. The van der Waals surface area contributed by atoms with Gasteiger partial charge in [-0.25, -0.2) is 0 Å². The van der Waals surface area contributed by atoms with E-state index in [0.29, 0.717) is 6.42 Å². The fourth-order valence-electron chi connectivity index (χ4n) is 1.08. The molecule has 14 heavy (non-hydrogen) atoms. The van der Waals surface area contributed by atoms with Crippen molar-refractivity contribution in [1.29, 1.82) is 0 Å². The molecular weight excluding hydrogens is 184 g/mol. The van der Waals surface area contributed by atoms with Crippen LogP contribution in [-0.2, 0) is 14.4 Å². The van der Waals surface area contributed by atoms with Crippen LogP contribution in [-0.4, -0.2) is 23.8 Å². The Hall–Kier alpha value is -1.39. The fourth-order valence-corrected chi connectivity index (χ4v) is 1.08. The normalized spacial score (nSPS) is 20.4. The van der Waals surface area contributed by atoms with Gasteiger partial charge in [0.1, 0.15) is 6.04 Å². The highest BCUT2D eigenvalue weighted by Crippen LogP contribution is 2.03. The molecule has 80 valence electrons. The Kier molecular flexibility index (Phi) is 5.52. The third kappa shape index (κ3) is 4.02. The number of rotatable bonds is 1. The lowest BCUT2D eigenvalue weighted by molar-refractivity contribution is -0.136. The van der Waals surface area contributed by atoms with Crippen LogP contribution < -0.4 is 10.6 Å². The lowest BCUT2D eigenvalue weighted by Crippen LogP contribution is -2.51. The van der Waals surface area contributed by atoms with E-state index in [4.69, 9.17) is 0 Å². The zero-order valence-electron chi connectivity index (χ0n) is 8.72. The monoisotopic (exact) mass is 200 g/mol. The maximum absolute atomic E-state index is 11.0. The van der Waals surface area contributed by atoms with Gasteiger partial charge in [0.2, 0.25) is 17.7 Å². The molecule has 1 atom stereocenters. The summed E-state index contributed by atoms with van der Waals surface area (Å²) in [5, 5.41) is 4.59. The molecule has 0 saturated carbocycles. The van der Waals surface area contributed by atoms with E-state index < -0.39 is 11.9 Å². The molecule has 1 aliphatic heterocycles. The van der Waals surface area contributed by atoms with Gasteiger partial charge in [0.15, 0.2) is 0 Å². The van der Waals surface area contributed by atoms with Gasteiger partial charge >= 0.3 is 0 Å². The lowest BCUT2D eigenvalue weighted by atomic mass is 10.1. The number of piperidine rings is 1. The minimum absolute atomic E-state index is 0.260. The van der Waals surface area contributed by atoms with Gasteiger partial charge in [0, 0.05) is 13.3 Å². The summed E-state index contributed by atoms with van der Waals surface area (Å²) in [6.07, 6.45) is 0.681. The average molecular weight is 200 g/mol. The second-order valence-corrected chi connectivity index (χ2v) is 2.70. The summed E-state index contributed by atoms with van der Waals surface area (Å²) in [7, 11) is 0. The lowest BCUT2D eigenvalue weighted by Gasteiger charge is -2.20. The Morgan fingerprint density at radius 3 is 2.43 bits per heavy atom. The predicted molar refractivity (Wildman–Crippen MR) is 51.3 cm³/mol. The third-order valence-electron chi connectivity index (χ3n) is 1.62. The number of carbonyl (C=O) groups excluding carboxylic acids is 3. The maximum Gasteiger partial charge on any atom is 0.249 e. The summed E-state index contributed by atoms with van der Waals surface area (Å²) in [5.74, 6) is -0.951. The Morgan fingerprint density at radius 1 is 1.43 bits per heavy atom. The van der Waals surface area contributed by atoms with Crippen LogP contribution in [0.4, 0.5) is 0 Å².